The van der Waals surface area contributed by atoms with Crippen LogP contribution in [0.4, 0.5) is 13.2 Å². The highest BCUT2D eigenvalue weighted by Crippen LogP contribution is 2.32. The van der Waals surface area contributed by atoms with Crippen LogP contribution in [-0.4, -0.2) is 26.4 Å². The van der Waals surface area contributed by atoms with Crippen molar-refractivity contribution in [3.63, 3.8) is 0 Å². The molecule has 1 rings (SSSR count). The number of sulfonamides is 1. The Hall–Kier alpha value is -0.810. The zero-order valence-corrected chi connectivity index (χ0v) is 9.81. The van der Waals surface area contributed by atoms with Crippen LogP contribution in [-0.2, 0) is 10.0 Å². The molecule has 8 heteroatoms. The van der Waals surface area contributed by atoms with Crippen molar-refractivity contribution >= 4 is 10.0 Å². The number of halogens is 3. The zero-order valence-electron chi connectivity index (χ0n) is 9.00. The highest BCUT2D eigenvalue weighted by atomic mass is 32.2. The number of nitriles is 1. The average Bonchev–Trinajstić information content (AvgIpc) is 2.94. The van der Waals surface area contributed by atoms with E-state index in [4.69, 9.17) is 5.26 Å². The van der Waals surface area contributed by atoms with Gasteiger partial charge in [0.05, 0.1) is 11.8 Å². The molecule has 0 heterocycles. The zero-order chi connectivity index (χ0) is 13.1. The van der Waals surface area contributed by atoms with E-state index in [2.05, 4.69) is 4.72 Å². The third-order valence-corrected chi connectivity index (χ3v) is 3.85. The molecule has 0 aliphatic heterocycles. The third kappa shape index (κ3) is 5.89. The minimum Gasteiger partial charge on any atom is -0.212 e. The van der Waals surface area contributed by atoms with E-state index in [-0.39, 0.29) is 5.92 Å². The highest BCUT2D eigenvalue weighted by molar-refractivity contribution is 7.89. The van der Waals surface area contributed by atoms with Crippen LogP contribution in [0.15, 0.2) is 0 Å². The van der Waals surface area contributed by atoms with Crippen LogP contribution >= 0.6 is 0 Å². The van der Waals surface area contributed by atoms with Gasteiger partial charge in [-0.1, -0.05) is 0 Å². The average molecular weight is 270 g/mol. The van der Waals surface area contributed by atoms with Gasteiger partial charge in [-0.2, -0.15) is 23.2 Å². The van der Waals surface area contributed by atoms with Gasteiger partial charge in [0.15, 0.2) is 0 Å². The fraction of sp³-hybridized carbons (Fsp3) is 0.889. The van der Waals surface area contributed by atoms with Gasteiger partial charge in [0, 0.05) is 6.42 Å². The van der Waals surface area contributed by atoms with Gasteiger partial charge < -0.3 is 0 Å². The SMILES string of the molecule is N#CC(NS(=O)(=O)CCCC(F)(F)F)C1CC1. The lowest BCUT2D eigenvalue weighted by molar-refractivity contribution is -0.134. The molecule has 17 heavy (non-hydrogen) atoms. The molecule has 1 unspecified atom stereocenters. The fourth-order valence-corrected chi connectivity index (χ4v) is 2.65. The van der Waals surface area contributed by atoms with Crippen molar-refractivity contribution in [1.29, 1.82) is 5.26 Å². The molecule has 4 nitrogen and oxygen atoms in total. The highest BCUT2D eigenvalue weighted by Gasteiger charge is 2.34. The lowest BCUT2D eigenvalue weighted by Crippen LogP contribution is -2.37. The van der Waals surface area contributed by atoms with Crippen LogP contribution < -0.4 is 4.72 Å². The first-order valence-electron chi connectivity index (χ1n) is 5.20. The molecular formula is C9H13F3N2O2S. The van der Waals surface area contributed by atoms with Gasteiger partial charge in [-0.3, -0.25) is 0 Å². The van der Waals surface area contributed by atoms with E-state index in [1.807, 2.05) is 6.07 Å². The first kappa shape index (κ1) is 14.3. The van der Waals surface area contributed by atoms with Crippen LogP contribution in [0.25, 0.3) is 0 Å². The maximum absolute atomic E-state index is 11.8. The van der Waals surface area contributed by atoms with Crippen LogP contribution in [0.1, 0.15) is 25.7 Å². The summed E-state index contributed by atoms with van der Waals surface area (Å²) in [6.45, 7) is 0. The molecule has 0 spiro atoms. The van der Waals surface area contributed by atoms with E-state index in [1.165, 1.54) is 0 Å². The van der Waals surface area contributed by atoms with Crippen LogP contribution in [0.3, 0.4) is 0 Å². The summed E-state index contributed by atoms with van der Waals surface area (Å²) >= 11 is 0. The van der Waals surface area contributed by atoms with Gasteiger partial charge >= 0.3 is 6.18 Å². The normalized spacial score (nSPS) is 18.7. The molecule has 0 amide bonds. The summed E-state index contributed by atoms with van der Waals surface area (Å²) in [6, 6.07) is 1.01. The number of rotatable bonds is 6. The second-order valence-corrected chi connectivity index (χ2v) is 5.97. The predicted molar refractivity (Wildman–Crippen MR) is 54.3 cm³/mol. The molecule has 0 aromatic carbocycles. The standard InChI is InChI=1S/C9H13F3N2O2S/c10-9(11,12)4-1-5-17(15,16)14-8(6-13)7-2-3-7/h7-8,14H,1-5H2. The van der Waals surface area contributed by atoms with Crippen LogP contribution in [0.5, 0.6) is 0 Å². The summed E-state index contributed by atoms with van der Waals surface area (Å²) in [6.07, 6.45) is -4.40. The van der Waals surface area contributed by atoms with E-state index in [9.17, 15) is 21.6 Å². The maximum atomic E-state index is 11.8. The number of hydrogen-bond donors (Lipinski definition) is 1. The fourth-order valence-electron chi connectivity index (χ4n) is 1.37. The number of alkyl halides is 3. The first-order valence-corrected chi connectivity index (χ1v) is 6.85. The molecular weight excluding hydrogens is 257 g/mol. The largest absolute Gasteiger partial charge is 0.389 e. The molecule has 1 fully saturated rings. The Bertz CT molecular complexity index is 395. The molecule has 1 atom stereocenters. The summed E-state index contributed by atoms with van der Waals surface area (Å²) in [5.41, 5.74) is 0. The molecule has 1 aliphatic rings. The Balaban J connectivity index is 2.38. The van der Waals surface area contributed by atoms with Crippen molar-refractivity contribution in [3.8, 4) is 6.07 Å². The van der Waals surface area contributed by atoms with Gasteiger partial charge in [0.2, 0.25) is 10.0 Å². The Morgan fingerprint density at radius 2 is 2.00 bits per heavy atom. The van der Waals surface area contributed by atoms with Gasteiger partial charge in [0.1, 0.15) is 6.04 Å². The minimum absolute atomic E-state index is 0.0115. The van der Waals surface area contributed by atoms with E-state index in [0.717, 1.165) is 12.8 Å². The summed E-state index contributed by atoms with van der Waals surface area (Å²) in [5, 5.41) is 8.70. The van der Waals surface area contributed by atoms with Gasteiger partial charge in [0.25, 0.3) is 0 Å². The van der Waals surface area contributed by atoms with Crippen LogP contribution in [0.2, 0.25) is 0 Å². The molecule has 1 aliphatic carbocycles. The quantitative estimate of drug-likeness (QED) is 0.796. The summed E-state index contributed by atoms with van der Waals surface area (Å²) in [7, 11) is -3.79. The molecule has 1 N–H and O–H groups in total. The predicted octanol–water partition coefficient (Wildman–Crippen LogP) is 1.55. The second kappa shape index (κ2) is 5.23. The molecule has 0 aromatic heterocycles. The summed E-state index contributed by atoms with van der Waals surface area (Å²) in [5.74, 6) is -0.588. The summed E-state index contributed by atoms with van der Waals surface area (Å²) < 4.78 is 60.4. The van der Waals surface area contributed by atoms with E-state index in [0.29, 0.717) is 0 Å². The van der Waals surface area contributed by atoms with Crippen molar-refractivity contribution in [2.75, 3.05) is 5.75 Å². The topological polar surface area (TPSA) is 70.0 Å². The molecule has 0 radical (unpaired) electrons. The number of hydrogen-bond acceptors (Lipinski definition) is 3. The van der Waals surface area contributed by atoms with E-state index >= 15 is 0 Å². The minimum atomic E-state index is -4.35. The van der Waals surface area contributed by atoms with Crippen molar-refractivity contribution in [1.82, 2.24) is 4.72 Å². The monoisotopic (exact) mass is 270 g/mol. The van der Waals surface area contributed by atoms with Crippen LogP contribution in [0, 0.1) is 17.2 Å². The Morgan fingerprint density at radius 1 is 1.41 bits per heavy atom. The molecule has 0 bridgehead atoms. The first-order chi connectivity index (χ1) is 7.73. The molecule has 0 saturated heterocycles. The molecule has 0 aromatic rings. The van der Waals surface area contributed by atoms with Gasteiger partial charge in [-0.05, 0) is 25.2 Å². The third-order valence-electron chi connectivity index (χ3n) is 2.41. The van der Waals surface area contributed by atoms with Gasteiger partial charge in [-0.25, -0.2) is 8.42 Å². The number of nitrogens with one attached hydrogen (secondary N) is 1. The van der Waals surface area contributed by atoms with E-state index < -0.39 is 40.8 Å². The lowest BCUT2D eigenvalue weighted by atomic mass is 10.2. The Morgan fingerprint density at radius 3 is 2.41 bits per heavy atom. The molecule has 1 saturated carbocycles. The lowest BCUT2D eigenvalue weighted by Gasteiger charge is -2.11. The smallest absolute Gasteiger partial charge is 0.212 e. The summed E-state index contributed by atoms with van der Waals surface area (Å²) in [4.78, 5) is 0. The van der Waals surface area contributed by atoms with Gasteiger partial charge in [-0.15, -0.1) is 0 Å². The van der Waals surface area contributed by atoms with Crippen molar-refractivity contribution in [2.45, 2.75) is 37.9 Å². The molecule has 98 valence electrons. The second-order valence-electron chi connectivity index (χ2n) is 4.10. The van der Waals surface area contributed by atoms with Crippen molar-refractivity contribution < 1.29 is 21.6 Å². The van der Waals surface area contributed by atoms with E-state index in [1.54, 1.807) is 0 Å². The maximum Gasteiger partial charge on any atom is 0.389 e. The van der Waals surface area contributed by atoms with Crippen molar-refractivity contribution in [3.05, 3.63) is 0 Å². The van der Waals surface area contributed by atoms with Crippen molar-refractivity contribution in [2.24, 2.45) is 5.92 Å². The number of nitrogens with zero attached hydrogens (tertiary/aromatic N) is 1. The Kier molecular flexibility index (Phi) is 4.38. The Labute approximate surface area is 97.9 Å².